The van der Waals surface area contributed by atoms with Gasteiger partial charge in [-0.3, -0.25) is 4.79 Å². The molecule has 2 atom stereocenters. The second-order valence-electron chi connectivity index (χ2n) is 9.44. The van der Waals surface area contributed by atoms with Crippen molar-refractivity contribution in [1.29, 1.82) is 0 Å². The Kier molecular flexibility index (Phi) is 9.38. The van der Waals surface area contributed by atoms with Crippen LogP contribution in [0.25, 0.3) is 11.0 Å². The van der Waals surface area contributed by atoms with Gasteiger partial charge in [-0.15, -0.1) is 0 Å². The number of hydrogen-bond acceptors (Lipinski definition) is 5. The lowest BCUT2D eigenvalue weighted by molar-refractivity contribution is -0.132. The highest BCUT2D eigenvalue weighted by atomic mass is 35.5. The third kappa shape index (κ3) is 7.21. The third-order valence-corrected chi connectivity index (χ3v) is 6.87. The highest BCUT2D eigenvalue weighted by Gasteiger charge is 2.29. The molecule has 1 aliphatic heterocycles. The number of hydrogen-bond donors (Lipinski definition) is 3. The van der Waals surface area contributed by atoms with Crippen LogP contribution < -0.4 is 16.4 Å². The van der Waals surface area contributed by atoms with Gasteiger partial charge >= 0.3 is 6.03 Å². The zero-order valence-electron chi connectivity index (χ0n) is 21.2. The van der Waals surface area contributed by atoms with Crippen molar-refractivity contribution in [2.24, 2.45) is 5.73 Å². The maximum atomic E-state index is 13.1. The lowest BCUT2D eigenvalue weighted by Crippen LogP contribution is -2.45. The second kappa shape index (κ2) is 12.9. The van der Waals surface area contributed by atoms with Crippen molar-refractivity contribution >= 4 is 40.3 Å². The van der Waals surface area contributed by atoms with Crippen molar-refractivity contribution in [2.75, 3.05) is 38.7 Å². The zero-order valence-corrected chi connectivity index (χ0v) is 21.9. The highest BCUT2D eigenvalue weighted by Crippen LogP contribution is 2.30. The van der Waals surface area contributed by atoms with E-state index in [-0.39, 0.29) is 30.8 Å². The Bertz CT molecular complexity index is 1200. The van der Waals surface area contributed by atoms with Gasteiger partial charge in [-0.1, -0.05) is 23.7 Å². The number of imidazole rings is 1. The van der Waals surface area contributed by atoms with Crippen LogP contribution in [0.15, 0.2) is 48.5 Å². The minimum atomic E-state index is -0.484. The predicted octanol–water partition coefficient (Wildman–Crippen LogP) is 3.97. The number of amides is 3. The van der Waals surface area contributed by atoms with Gasteiger partial charge in [0.25, 0.3) is 0 Å². The molecule has 1 aliphatic rings. The molecule has 3 aromatic rings. The van der Waals surface area contributed by atoms with Crippen LogP contribution in [0, 0.1) is 0 Å². The summed E-state index contributed by atoms with van der Waals surface area (Å²) in [7, 11) is 1.71. The first kappa shape index (κ1) is 26.9. The predicted molar refractivity (Wildman–Crippen MR) is 146 cm³/mol. The van der Waals surface area contributed by atoms with Gasteiger partial charge in [0.1, 0.15) is 5.82 Å². The summed E-state index contributed by atoms with van der Waals surface area (Å²) >= 11 is 5.87. The maximum absolute atomic E-state index is 13.1. The smallest absolute Gasteiger partial charge is 0.319 e. The second-order valence-corrected chi connectivity index (χ2v) is 9.88. The van der Waals surface area contributed by atoms with Crippen molar-refractivity contribution in [3.8, 4) is 0 Å². The number of rotatable bonds is 10. The molecule has 9 nitrogen and oxygen atoms in total. The number of aryl methyl sites for hydroxylation is 1. The Labute approximate surface area is 222 Å². The molecule has 0 unspecified atom stereocenters. The SMILES string of the molecule is COCCCn1c([C@@H]2CCCN(C(=O)C[C@H](N)CNC(=O)Nc3ccc(Cl)cc3)C2)nc2ccccc21. The molecule has 0 bridgehead atoms. The molecule has 0 saturated carbocycles. The summed E-state index contributed by atoms with van der Waals surface area (Å²) in [5.74, 6) is 1.19. The number of ether oxygens (including phenoxy) is 1. The van der Waals surface area contributed by atoms with Gasteiger partial charge in [0.05, 0.1) is 11.0 Å². The zero-order chi connectivity index (χ0) is 26.2. The number of para-hydroxylation sites is 2. The van der Waals surface area contributed by atoms with E-state index in [2.05, 4.69) is 21.3 Å². The highest BCUT2D eigenvalue weighted by molar-refractivity contribution is 6.30. The van der Waals surface area contributed by atoms with E-state index in [1.165, 1.54) is 0 Å². The largest absolute Gasteiger partial charge is 0.385 e. The summed E-state index contributed by atoms with van der Waals surface area (Å²) in [4.78, 5) is 32.1. The summed E-state index contributed by atoms with van der Waals surface area (Å²) in [6, 6.07) is 14.1. The first-order chi connectivity index (χ1) is 17.9. The molecule has 4 rings (SSSR count). The summed E-state index contributed by atoms with van der Waals surface area (Å²) in [6.45, 7) is 3.02. The monoisotopic (exact) mass is 526 g/mol. The lowest BCUT2D eigenvalue weighted by atomic mass is 9.96. The van der Waals surface area contributed by atoms with Crippen molar-refractivity contribution in [3.05, 3.63) is 59.4 Å². The van der Waals surface area contributed by atoms with Gasteiger partial charge in [0, 0.05) is 69.0 Å². The molecule has 4 N–H and O–H groups in total. The van der Waals surface area contributed by atoms with E-state index in [0.717, 1.165) is 42.7 Å². The lowest BCUT2D eigenvalue weighted by Gasteiger charge is -2.33. The van der Waals surface area contributed by atoms with Crippen molar-refractivity contribution in [2.45, 2.75) is 44.2 Å². The maximum Gasteiger partial charge on any atom is 0.319 e. The van der Waals surface area contributed by atoms with E-state index in [9.17, 15) is 9.59 Å². The number of anilines is 1. The molecule has 1 saturated heterocycles. The Hall–Kier alpha value is -3.14. The fourth-order valence-corrected chi connectivity index (χ4v) is 4.91. The topological polar surface area (TPSA) is 115 Å². The van der Waals surface area contributed by atoms with Crippen LogP contribution in [-0.2, 0) is 16.1 Å². The Morgan fingerprint density at radius 2 is 2.00 bits per heavy atom. The molecule has 2 heterocycles. The number of nitrogens with one attached hydrogen (secondary N) is 2. The Morgan fingerprint density at radius 1 is 1.22 bits per heavy atom. The minimum Gasteiger partial charge on any atom is -0.385 e. The number of methoxy groups -OCH3 is 1. The first-order valence-electron chi connectivity index (χ1n) is 12.7. The number of carbonyl (C=O) groups excluding carboxylic acids is 2. The first-order valence-corrected chi connectivity index (χ1v) is 13.1. The van der Waals surface area contributed by atoms with E-state index in [4.69, 9.17) is 27.1 Å². The number of urea groups is 1. The quantitative estimate of drug-likeness (QED) is 0.346. The number of benzene rings is 2. The van der Waals surface area contributed by atoms with E-state index in [1.807, 2.05) is 23.1 Å². The number of likely N-dealkylation sites (tertiary alicyclic amines) is 1. The van der Waals surface area contributed by atoms with E-state index < -0.39 is 6.04 Å². The third-order valence-electron chi connectivity index (χ3n) is 6.62. The van der Waals surface area contributed by atoms with Crippen molar-refractivity contribution in [3.63, 3.8) is 0 Å². The molecule has 0 spiro atoms. The van der Waals surface area contributed by atoms with Gasteiger partial charge in [-0.05, 0) is 55.7 Å². The van der Waals surface area contributed by atoms with Crippen molar-refractivity contribution in [1.82, 2.24) is 19.8 Å². The van der Waals surface area contributed by atoms with Crippen LogP contribution in [0.2, 0.25) is 5.02 Å². The van der Waals surface area contributed by atoms with Crippen LogP contribution in [0.3, 0.4) is 0 Å². The average Bonchev–Trinajstić information content (AvgIpc) is 3.28. The van der Waals surface area contributed by atoms with E-state index in [0.29, 0.717) is 30.4 Å². The Morgan fingerprint density at radius 3 is 2.78 bits per heavy atom. The number of halogens is 1. The summed E-state index contributed by atoms with van der Waals surface area (Å²) in [5, 5.41) is 6.05. The van der Waals surface area contributed by atoms with Crippen LogP contribution in [0.1, 0.15) is 37.4 Å². The molecule has 0 radical (unpaired) electrons. The number of nitrogens with two attached hydrogens (primary N) is 1. The fraction of sp³-hybridized carbons (Fsp3) is 0.444. The van der Waals surface area contributed by atoms with E-state index in [1.54, 1.807) is 31.4 Å². The van der Waals surface area contributed by atoms with Gasteiger partial charge in [0.2, 0.25) is 5.91 Å². The van der Waals surface area contributed by atoms with Crippen LogP contribution >= 0.6 is 11.6 Å². The number of fused-ring (bicyclic) bond motifs is 1. The summed E-state index contributed by atoms with van der Waals surface area (Å²) < 4.78 is 7.54. The molecule has 198 valence electrons. The number of piperidine rings is 1. The normalized spacial score (nSPS) is 16.5. The number of aromatic nitrogens is 2. The Balaban J connectivity index is 1.32. The molecular weight excluding hydrogens is 492 g/mol. The molecule has 3 amide bonds. The minimum absolute atomic E-state index is 0.000784. The molecule has 37 heavy (non-hydrogen) atoms. The van der Waals surface area contributed by atoms with Crippen LogP contribution in [0.4, 0.5) is 10.5 Å². The summed E-state index contributed by atoms with van der Waals surface area (Å²) in [6.07, 6.45) is 2.95. The fourth-order valence-electron chi connectivity index (χ4n) is 4.78. The molecule has 0 aliphatic carbocycles. The average molecular weight is 527 g/mol. The van der Waals surface area contributed by atoms with Crippen LogP contribution in [0.5, 0.6) is 0 Å². The van der Waals surface area contributed by atoms with Gasteiger partial charge < -0.3 is 30.6 Å². The molecular formula is C27H35ClN6O3. The molecule has 2 aromatic carbocycles. The molecule has 1 fully saturated rings. The standard InChI is InChI=1S/C27H35ClN6O3/c1-37-15-5-14-34-24-8-3-2-7-23(24)32-26(34)19-6-4-13-33(18-19)25(35)16-21(29)17-30-27(36)31-22-11-9-20(28)10-12-22/h2-3,7-12,19,21H,4-6,13-18,29H2,1H3,(H2,30,31,36)/t19-,21+/m1/s1. The number of carbonyl (C=O) groups is 2. The van der Waals surface area contributed by atoms with Gasteiger partial charge in [0.15, 0.2) is 0 Å². The van der Waals surface area contributed by atoms with E-state index >= 15 is 0 Å². The number of nitrogens with zero attached hydrogens (tertiary/aromatic N) is 3. The van der Waals surface area contributed by atoms with Gasteiger partial charge in [-0.2, -0.15) is 0 Å². The van der Waals surface area contributed by atoms with Crippen molar-refractivity contribution < 1.29 is 14.3 Å². The molecule has 10 heteroatoms. The van der Waals surface area contributed by atoms with Gasteiger partial charge in [-0.25, -0.2) is 9.78 Å². The summed E-state index contributed by atoms with van der Waals surface area (Å²) in [5.41, 5.74) is 8.91. The van der Waals surface area contributed by atoms with Crippen LogP contribution in [-0.4, -0.2) is 65.8 Å². The molecule has 1 aromatic heterocycles.